The van der Waals surface area contributed by atoms with Gasteiger partial charge in [-0.3, -0.25) is 9.36 Å². The number of methoxy groups -OCH3 is 2. The molecule has 138 valence electrons. The molecule has 6 nitrogen and oxygen atoms in total. The second kappa shape index (κ2) is 6.96. The Labute approximate surface area is 161 Å². The van der Waals surface area contributed by atoms with Gasteiger partial charge in [0.2, 0.25) is 5.91 Å². The van der Waals surface area contributed by atoms with Crippen LogP contribution in [0.15, 0.2) is 48.8 Å². The molecule has 4 rings (SSSR count). The van der Waals surface area contributed by atoms with Gasteiger partial charge in [0.25, 0.3) is 0 Å². The summed E-state index contributed by atoms with van der Waals surface area (Å²) in [6.45, 7) is 0. The first-order chi connectivity index (χ1) is 13.1. The monoisotopic (exact) mass is 383 g/mol. The summed E-state index contributed by atoms with van der Waals surface area (Å²) >= 11 is 6.12. The molecule has 1 amide bonds. The number of rotatable bonds is 4. The van der Waals surface area contributed by atoms with Gasteiger partial charge in [-0.15, -0.1) is 0 Å². The zero-order chi connectivity index (χ0) is 19.0. The lowest BCUT2D eigenvalue weighted by Crippen LogP contribution is -2.25. The Kier molecular flexibility index (Phi) is 4.49. The Hall–Kier alpha value is -2.99. The van der Waals surface area contributed by atoms with Crippen LogP contribution < -0.4 is 14.8 Å². The van der Waals surface area contributed by atoms with Gasteiger partial charge < -0.3 is 14.8 Å². The van der Waals surface area contributed by atoms with Crippen molar-refractivity contribution in [2.75, 3.05) is 19.5 Å². The van der Waals surface area contributed by atoms with E-state index in [4.69, 9.17) is 21.1 Å². The lowest BCUT2D eigenvalue weighted by molar-refractivity contribution is -0.116. The van der Waals surface area contributed by atoms with Crippen molar-refractivity contribution in [2.45, 2.75) is 12.3 Å². The lowest BCUT2D eigenvalue weighted by Gasteiger charge is -2.25. The fourth-order valence-electron chi connectivity index (χ4n) is 3.47. The molecule has 0 saturated carbocycles. The molecule has 7 heteroatoms. The molecule has 0 saturated heterocycles. The summed E-state index contributed by atoms with van der Waals surface area (Å²) in [7, 11) is 3.18. The van der Waals surface area contributed by atoms with E-state index in [9.17, 15) is 4.79 Å². The molecule has 2 heterocycles. The number of carbonyl (C=O) groups excluding carboxylic acids is 1. The molecule has 27 heavy (non-hydrogen) atoms. The summed E-state index contributed by atoms with van der Waals surface area (Å²) in [5.74, 6) is 1.56. The second-order valence-electron chi connectivity index (χ2n) is 6.22. The lowest BCUT2D eigenvalue weighted by atomic mass is 9.89. The van der Waals surface area contributed by atoms with Gasteiger partial charge in [-0.05, 0) is 24.3 Å². The van der Waals surface area contributed by atoms with Gasteiger partial charge in [0.05, 0.1) is 19.9 Å². The minimum atomic E-state index is -0.237. The molecule has 1 atom stereocenters. The van der Waals surface area contributed by atoms with E-state index in [0.29, 0.717) is 22.3 Å². The minimum Gasteiger partial charge on any atom is -0.493 e. The number of halogens is 1. The van der Waals surface area contributed by atoms with Crippen LogP contribution in [0.4, 0.5) is 5.82 Å². The summed E-state index contributed by atoms with van der Waals surface area (Å²) in [5, 5.41) is 3.55. The highest BCUT2D eigenvalue weighted by Gasteiger charge is 2.33. The SMILES string of the molecule is COc1cccc([C@@H]2CC(=O)Nc3c2ncn3-c2cccc(Cl)c2)c1OC. The van der Waals surface area contributed by atoms with E-state index in [1.807, 2.05) is 41.0 Å². The Balaban J connectivity index is 1.85. The molecule has 0 unspecified atom stereocenters. The number of benzene rings is 2. The third-order valence-corrected chi connectivity index (χ3v) is 4.90. The number of amides is 1. The smallest absolute Gasteiger partial charge is 0.226 e. The average Bonchev–Trinajstić information content (AvgIpc) is 3.10. The zero-order valence-electron chi connectivity index (χ0n) is 14.9. The maximum Gasteiger partial charge on any atom is 0.226 e. The Morgan fingerprint density at radius 2 is 2.00 bits per heavy atom. The largest absolute Gasteiger partial charge is 0.493 e. The number of imidazole rings is 1. The molecule has 1 aliphatic rings. The first kappa shape index (κ1) is 17.4. The quantitative estimate of drug-likeness (QED) is 0.739. The second-order valence-corrected chi connectivity index (χ2v) is 6.65. The predicted molar refractivity (Wildman–Crippen MR) is 103 cm³/mol. The molecule has 1 aromatic heterocycles. The molecule has 2 aromatic carbocycles. The van der Waals surface area contributed by atoms with Gasteiger partial charge in [-0.2, -0.15) is 0 Å². The van der Waals surface area contributed by atoms with E-state index >= 15 is 0 Å². The summed E-state index contributed by atoms with van der Waals surface area (Å²) in [5.41, 5.74) is 2.47. The van der Waals surface area contributed by atoms with Crippen LogP contribution in [0.25, 0.3) is 5.69 Å². The molecule has 0 radical (unpaired) electrons. The number of aromatic nitrogens is 2. The first-order valence-electron chi connectivity index (χ1n) is 8.46. The van der Waals surface area contributed by atoms with E-state index in [2.05, 4.69) is 10.3 Å². The van der Waals surface area contributed by atoms with E-state index < -0.39 is 0 Å². The van der Waals surface area contributed by atoms with Crippen molar-refractivity contribution in [3.63, 3.8) is 0 Å². The number of ether oxygens (including phenoxy) is 2. The van der Waals surface area contributed by atoms with E-state index in [1.165, 1.54) is 0 Å². The van der Waals surface area contributed by atoms with Crippen molar-refractivity contribution < 1.29 is 14.3 Å². The van der Waals surface area contributed by atoms with Gasteiger partial charge in [0.1, 0.15) is 12.1 Å². The molecular formula is C20H18ClN3O3. The van der Waals surface area contributed by atoms with Gasteiger partial charge >= 0.3 is 0 Å². The number of fused-ring (bicyclic) bond motifs is 1. The fourth-order valence-corrected chi connectivity index (χ4v) is 3.66. The topological polar surface area (TPSA) is 65.4 Å². The van der Waals surface area contributed by atoms with Gasteiger partial charge in [0, 0.05) is 28.6 Å². The van der Waals surface area contributed by atoms with Crippen LogP contribution >= 0.6 is 11.6 Å². The van der Waals surface area contributed by atoms with Crippen LogP contribution in [-0.4, -0.2) is 29.7 Å². The third kappa shape index (κ3) is 3.02. The van der Waals surface area contributed by atoms with Crippen molar-refractivity contribution in [2.24, 2.45) is 0 Å². The number of carbonyl (C=O) groups is 1. The standard InChI is InChI=1S/C20H18ClN3O3/c1-26-16-8-4-7-14(19(16)27-2)15-10-17(25)23-20-18(15)22-11-24(20)13-6-3-5-12(21)9-13/h3-9,11,15H,10H2,1-2H3,(H,23,25)/t15-/m0/s1. The van der Waals surface area contributed by atoms with Crippen LogP contribution in [-0.2, 0) is 4.79 Å². The Bertz CT molecular complexity index is 1020. The minimum absolute atomic E-state index is 0.0823. The number of para-hydroxylation sites is 1. The van der Waals surface area contributed by atoms with Crippen molar-refractivity contribution in [1.82, 2.24) is 9.55 Å². The Morgan fingerprint density at radius 1 is 1.19 bits per heavy atom. The van der Waals surface area contributed by atoms with Crippen LogP contribution in [0.1, 0.15) is 23.6 Å². The van der Waals surface area contributed by atoms with Gasteiger partial charge in [-0.25, -0.2) is 4.98 Å². The number of nitrogens with zero attached hydrogens (tertiary/aromatic N) is 2. The van der Waals surface area contributed by atoms with Crippen LogP contribution in [0.2, 0.25) is 5.02 Å². The number of anilines is 1. The summed E-state index contributed by atoms with van der Waals surface area (Å²) in [6.07, 6.45) is 1.98. The van der Waals surface area contributed by atoms with Crippen LogP contribution in [0, 0.1) is 0 Å². The van der Waals surface area contributed by atoms with Gasteiger partial charge in [0.15, 0.2) is 11.5 Å². The summed E-state index contributed by atoms with van der Waals surface area (Å²) in [6, 6.07) is 13.1. The van der Waals surface area contributed by atoms with Crippen molar-refractivity contribution in [1.29, 1.82) is 0 Å². The first-order valence-corrected chi connectivity index (χ1v) is 8.84. The number of hydrogen-bond acceptors (Lipinski definition) is 4. The maximum atomic E-state index is 12.5. The predicted octanol–water partition coefficient (Wildman–Crippen LogP) is 4.02. The average molecular weight is 384 g/mol. The zero-order valence-corrected chi connectivity index (χ0v) is 15.7. The molecule has 1 N–H and O–H groups in total. The Morgan fingerprint density at radius 3 is 2.74 bits per heavy atom. The summed E-state index contributed by atoms with van der Waals surface area (Å²) in [4.78, 5) is 17.1. The van der Waals surface area contributed by atoms with Crippen molar-refractivity contribution >= 4 is 23.3 Å². The highest BCUT2D eigenvalue weighted by atomic mass is 35.5. The normalized spacial score (nSPS) is 15.8. The summed E-state index contributed by atoms with van der Waals surface area (Å²) < 4.78 is 12.8. The molecule has 3 aromatic rings. The molecule has 0 spiro atoms. The van der Waals surface area contributed by atoms with Crippen molar-refractivity contribution in [3.8, 4) is 17.2 Å². The number of nitrogens with one attached hydrogen (secondary N) is 1. The highest BCUT2D eigenvalue weighted by molar-refractivity contribution is 6.30. The van der Waals surface area contributed by atoms with Crippen LogP contribution in [0.3, 0.4) is 0 Å². The van der Waals surface area contributed by atoms with E-state index in [-0.39, 0.29) is 18.2 Å². The van der Waals surface area contributed by atoms with E-state index in [0.717, 1.165) is 16.9 Å². The molecule has 1 aliphatic heterocycles. The van der Waals surface area contributed by atoms with E-state index in [1.54, 1.807) is 26.6 Å². The van der Waals surface area contributed by atoms with Crippen LogP contribution in [0.5, 0.6) is 11.5 Å². The molecular weight excluding hydrogens is 366 g/mol. The maximum absolute atomic E-state index is 12.5. The van der Waals surface area contributed by atoms with Gasteiger partial charge in [-0.1, -0.05) is 29.8 Å². The molecule has 0 aliphatic carbocycles. The third-order valence-electron chi connectivity index (χ3n) is 4.67. The molecule has 0 bridgehead atoms. The number of hydrogen-bond donors (Lipinski definition) is 1. The fraction of sp³-hybridized carbons (Fsp3) is 0.200. The highest BCUT2D eigenvalue weighted by Crippen LogP contribution is 2.43. The molecule has 0 fully saturated rings. The van der Waals surface area contributed by atoms with Crippen molar-refractivity contribution in [3.05, 3.63) is 65.1 Å².